The van der Waals surface area contributed by atoms with Crippen LogP contribution >= 0.6 is 0 Å². The Morgan fingerprint density at radius 3 is 2.72 bits per heavy atom. The van der Waals surface area contributed by atoms with Crippen LogP contribution in [0.2, 0.25) is 0 Å². The van der Waals surface area contributed by atoms with Crippen LogP contribution in [0, 0.1) is 0 Å². The van der Waals surface area contributed by atoms with Crippen LogP contribution in [0.3, 0.4) is 0 Å². The Bertz CT molecular complexity index is 500. The second-order valence-corrected chi connectivity index (χ2v) is 3.97. The maximum absolute atomic E-state index is 5.75. The molecule has 0 aliphatic carbocycles. The first-order valence-corrected chi connectivity index (χ1v) is 6.07. The second-order valence-electron chi connectivity index (χ2n) is 3.97. The molecule has 0 aliphatic heterocycles. The van der Waals surface area contributed by atoms with Gasteiger partial charge in [-0.2, -0.15) is 0 Å². The van der Waals surface area contributed by atoms with Crippen LogP contribution in [0.5, 0.6) is 5.75 Å². The summed E-state index contributed by atoms with van der Waals surface area (Å²) in [5.41, 5.74) is 8.65. The Hall–Kier alpha value is -1.94. The van der Waals surface area contributed by atoms with Crippen LogP contribution in [0.15, 0.2) is 36.8 Å². The van der Waals surface area contributed by atoms with Gasteiger partial charge < -0.3 is 10.5 Å². The minimum Gasteiger partial charge on any atom is -0.492 e. The van der Waals surface area contributed by atoms with Gasteiger partial charge in [0.1, 0.15) is 5.75 Å². The largest absolute Gasteiger partial charge is 0.492 e. The molecule has 0 unspecified atom stereocenters. The normalized spacial score (nSPS) is 10.3. The fourth-order valence-corrected chi connectivity index (χ4v) is 1.67. The highest BCUT2D eigenvalue weighted by Crippen LogP contribution is 2.23. The molecule has 0 radical (unpaired) electrons. The third-order valence-corrected chi connectivity index (χ3v) is 2.61. The third kappa shape index (κ3) is 2.84. The van der Waals surface area contributed by atoms with Crippen LogP contribution in [0.25, 0.3) is 11.3 Å². The second kappa shape index (κ2) is 6.12. The van der Waals surface area contributed by atoms with Gasteiger partial charge in [-0.05, 0) is 24.6 Å². The average Bonchev–Trinajstić information content (AvgIpc) is 2.46. The van der Waals surface area contributed by atoms with E-state index in [9.17, 15) is 0 Å². The monoisotopic (exact) mass is 243 g/mol. The zero-order valence-corrected chi connectivity index (χ0v) is 10.5. The van der Waals surface area contributed by atoms with Gasteiger partial charge in [-0.3, -0.25) is 9.97 Å². The Morgan fingerprint density at radius 1 is 1.28 bits per heavy atom. The van der Waals surface area contributed by atoms with Gasteiger partial charge in [0, 0.05) is 30.1 Å². The van der Waals surface area contributed by atoms with Crippen molar-refractivity contribution in [1.82, 2.24) is 9.97 Å². The van der Waals surface area contributed by atoms with Crippen molar-refractivity contribution in [3.8, 4) is 17.0 Å². The lowest BCUT2D eigenvalue weighted by Crippen LogP contribution is -2.04. The van der Waals surface area contributed by atoms with Gasteiger partial charge in [-0.15, -0.1) is 0 Å². The van der Waals surface area contributed by atoms with E-state index in [2.05, 4.69) is 16.9 Å². The van der Waals surface area contributed by atoms with E-state index in [1.165, 1.54) is 0 Å². The highest BCUT2D eigenvalue weighted by atomic mass is 16.5. The van der Waals surface area contributed by atoms with Crippen molar-refractivity contribution in [2.24, 2.45) is 5.73 Å². The lowest BCUT2D eigenvalue weighted by atomic mass is 10.1. The smallest absolute Gasteiger partial charge is 0.142 e. The zero-order chi connectivity index (χ0) is 12.8. The standard InChI is InChI=1S/C14H17N3O/c1-2-7-18-14-10-17-13(8-12(14)9-15)11-3-5-16-6-4-11/h3-6,8,10H,2,7,9,15H2,1H3. The molecule has 2 aromatic rings. The van der Waals surface area contributed by atoms with Crippen LogP contribution in [0.1, 0.15) is 18.9 Å². The number of hydrogen-bond acceptors (Lipinski definition) is 4. The fourth-order valence-electron chi connectivity index (χ4n) is 1.67. The molecule has 0 saturated carbocycles. The van der Waals surface area contributed by atoms with Gasteiger partial charge in [0.2, 0.25) is 0 Å². The zero-order valence-electron chi connectivity index (χ0n) is 10.5. The Morgan fingerprint density at radius 2 is 2.06 bits per heavy atom. The Labute approximate surface area is 107 Å². The number of nitrogens with two attached hydrogens (primary N) is 1. The fraction of sp³-hybridized carbons (Fsp3) is 0.286. The molecule has 0 aliphatic rings. The van der Waals surface area contributed by atoms with Crippen molar-refractivity contribution in [2.45, 2.75) is 19.9 Å². The lowest BCUT2D eigenvalue weighted by molar-refractivity contribution is 0.313. The topological polar surface area (TPSA) is 61.0 Å². The van der Waals surface area contributed by atoms with Crippen molar-refractivity contribution >= 4 is 0 Å². The van der Waals surface area contributed by atoms with Crippen LogP contribution in [0.4, 0.5) is 0 Å². The number of hydrogen-bond donors (Lipinski definition) is 1. The SMILES string of the molecule is CCCOc1cnc(-c2ccncc2)cc1CN. The maximum Gasteiger partial charge on any atom is 0.142 e. The van der Waals surface area contributed by atoms with E-state index in [0.29, 0.717) is 13.2 Å². The predicted molar refractivity (Wildman–Crippen MR) is 71.1 cm³/mol. The summed E-state index contributed by atoms with van der Waals surface area (Å²) < 4.78 is 5.61. The molecule has 2 heterocycles. The summed E-state index contributed by atoms with van der Waals surface area (Å²) in [6.07, 6.45) is 6.21. The number of ether oxygens (including phenoxy) is 1. The summed E-state index contributed by atoms with van der Waals surface area (Å²) in [6, 6.07) is 5.82. The van der Waals surface area contributed by atoms with E-state index in [1.54, 1.807) is 18.6 Å². The van der Waals surface area contributed by atoms with Gasteiger partial charge in [0.25, 0.3) is 0 Å². The maximum atomic E-state index is 5.75. The molecular weight excluding hydrogens is 226 g/mol. The molecule has 2 rings (SSSR count). The van der Waals surface area contributed by atoms with Gasteiger partial charge in [-0.25, -0.2) is 0 Å². The number of pyridine rings is 2. The molecule has 0 atom stereocenters. The molecule has 0 aromatic carbocycles. The Kier molecular flexibility index (Phi) is 4.25. The molecular formula is C14H17N3O. The van der Waals surface area contributed by atoms with Gasteiger partial charge >= 0.3 is 0 Å². The molecule has 0 bridgehead atoms. The molecule has 18 heavy (non-hydrogen) atoms. The van der Waals surface area contributed by atoms with Gasteiger partial charge in [0.15, 0.2) is 0 Å². The first-order chi connectivity index (χ1) is 8.85. The molecule has 0 amide bonds. The first kappa shape index (κ1) is 12.5. The molecule has 4 heteroatoms. The Balaban J connectivity index is 2.30. The van der Waals surface area contributed by atoms with E-state index >= 15 is 0 Å². The molecule has 2 aromatic heterocycles. The average molecular weight is 243 g/mol. The van der Waals surface area contributed by atoms with Crippen LogP contribution < -0.4 is 10.5 Å². The van der Waals surface area contributed by atoms with Crippen molar-refractivity contribution < 1.29 is 4.74 Å². The third-order valence-electron chi connectivity index (χ3n) is 2.61. The molecule has 0 saturated heterocycles. The highest BCUT2D eigenvalue weighted by molar-refractivity contribution is 5.60. The summed E-state index contributed by atoms with van der Waals surface area (Å²) in [5.74, 6) is 0.775. The summed E-state index contributed by atoms with van der Waals surface area (Å²) in [6.45, 7) is 3.20. The number of aromatic nitrogens is 2. The van der Waals surface area contributed by atoms with E-state index in [4.69, 9.17) is 10.5 Å². The van der Waals surface area contributed by atoms with E-state index in [-0.39, 0.29) is 0 Å². The van der Waals surface area contributed by atoms with Crippen molar-refractivity contribution in [3.63, 3.8) is 0 Å². The molecule has 4 nitrogen and oxygen atoms in total. The van der Waals surface area contributed by atoms with Crippen LogP contribution in [-0.4, -0.2) is 16.6 Å². The predicted octanol–water partition coefficient (Wildman–Crippen LogP) is 2.39. The van der Waals surface area contributed by atoms with E-state index in [1.807, 2.05) is 18.2 Å². The van der Waals surface area contributed by atoms with Crippen molar-refractivity contribution in [2.75, 3.05) is 6.61 Å². The van der Waals surface area contributed by atoms with E-state index < -0.39 is 0 Å². The van der Waals surface area contributed by atoms with Gasteiger partial charge in [-0.1, -0.05) is 6.92 Å². The number of nitrogens with zero attached hydrogens (tertiary/aromatic N) is 2. The summed E-state index contributed by atoms with van der Waals surface area (Å²) in [5, 5.41) is 0. The molecule has 94 valence electrons. The molecule has 0 fully saturated rings. The quantitative estimate of drug-likeness (QED) is 0.876. The van der Waals surface area contributed by atoms with Crippen LogP contribution in [-0.2, 0) is 6.54 Å². The van der Waals surface area contributed by atoms with E-state index in [0.717, 1.165) is 29.0 Å². The van der Waals surface area contributed by atoms with Crippen molar-refractivity contribution in [1.29, 1.82) is 0 Å². The summed E-state index contributed by atoms with van der Waals surface area (Å²) in [7, 11) is 0. The lowest BCUT2D eigenvalue weighted by Gasteiger charge is -2.10. The molecule has 0 spiro atoms. The minimum atomic E-state index is 0.444. The van der Waals surface area contributed by atoms with Gasteiger partial charge in [0.05, 0.1) is 18.5 Å². The summed E-state index contributed by atoms with van der Waals surface area (Å²) in [4.78, 5) is 8.40. The minimum absolute atomic E-state index is 0.444. The van der Waals surface area contributed by atoms with Crippen molar-refractivity contribution in [3.05, 3.63) is 42.4 Å². The number of rotatable bonds is 5. The molecule has 2 N–H and O–H groups in total. The first-order valence-electron chi connectivity index (χ1n) is 6.07. The highest BCUT2D eigenvalue weighted by Gasteiger charge is 2.06. The summed E-state index contributed by atoms with van der Waals surface area (Å²) >= 11 is 0.